The fourth-order valence-corrected chi connectivity index (χ4v) is 3.16. The maximum absolute atomic E-state index is 12.2. The largest absolute Gasteiger partial charge is 0.356 e. The molecule has 2 heterocycles. The normalized spacial score (nSPS) is 17.8. The summed E-state index contributed by atoms with van der Waals surface area (Å²) in [6.45, 7) is 5.79. The number of rotatable bonds is 3. The summed E-state index contributed by atoms with van der Waals surface area (Å²) in [5, 5.41) is 3.32. The van der Waals surface area contributed by atoms with E-state index < -0.39 is 0 Å². The van der Waals surface area contributed by atoms with Gasteiger partial charge in [0, 0.05) is 31.9 Å². The minimum Gasteiger partial charge on any atom is -0.356 e. The zero-order valence-corrected chi connectivity index (χ0v) is 13.2. The fourth-order valence-electron chi connectivity index (χ4n) is 3.16. The van der Waals surface area contributed by atoms with Crippen LogP contribution in [0.1, 0.15) is 25.3 Å². The Morgan fingerprint density at radius 1 is 1.23 bits per heavy atom. The highest BCUT2D eigenvalue weighted by atomic mass is 16.2. The van der Waals surface area contributed by atoms with E-state index in [-0.39, 0.29) is 12.5 Å². The number of hydrogen-bond acceptors (Lipinski definition) is 2. The molecule has 0 saturated carbocycles. The second-order valence-electron chi connectivity index (χ2n) is 5.79. The summed E-state index contributed by atoms with van der Waals surface area (Å²) in [5.41, 5.74) is 2.55. The minimum atomic E-state index is 0.139. The third kappa shape index (κ3) is 3.08. The molecule has 118 valence electrons. The zero-order chi connectivity index (χ0) is 15.4. The number of likely N-dealkylation sites (tertiary alicyclic amines) is 1. The highest BCUT2D eigenvalue weighted by Crippen LogP contribution is 2.27. The smallest absolute Gasteiger partial charge is 0.244 e. The molecule has 0 aliphatic carbocycles. The number of para-hydroxylation sites is 1. The summed E-state index contributed by atoms with van der Waals surface area (Å²) in [7, 11) is 0. The molecular formula is C17H24N4O. The van der Waals surface area contributed by atoms with Crippen LogP contribution in [-0.2, 0) is 11.2 Å². The van der Waals surface area contributed by atoms with Crippen LogP contribution in [-0.4, -0.2) is 49.5 Å². The van der Waals surface area contributed by atoms with Crippen LogP contribution in [0.25, 0.3) is 0 Å². The van der Waals surface area contributed by atoms with Gasteiger partial charge in [0.15, 0.2) is 5.96 Å². The second-order valence-corrected chi connectivity index (χ2v) is 5.79. The minimum absolute atomic E-state index is 0.139. The average Bonchev–Trinajstić information content (AvgIpc) is 3.20. The molecule has 3 rings (SSSR count). The highest BCUT2D eigenvalue weighted by molar-refractivity contribution is 5.99. The first-order valence-corrected chi connectivity index (χ1v) is 8.21. The van der Waals surface area contributed by atoms with Gasteiger partial charge in [0.2, 0.25) is 5.91 Å². The number of carbonyl (C=O) groups is 1. The molecule has 0 unspecified atom stereocenters. The standard InChI is InChI=1S/C17H24N4O/c1-2-18-17(19-13-16(22)20-10-5-6-11-20)21-12-9-14-7-3-4-8-15(14)21/h3-4,7-8H,2,5-6,9-13H2,1H3,(H,18,19). The number of carbonyl (C=O) groups excluding carboxylic acids is 1. The molecule has 5 nitrogen and oxygen atoms in total. The van der Waals surface area contributed by atoms with E-state index >= 15 is 0 Å². The van der Waals surface area contributed by atoms with Crippen molar-refractivity contribution in [1.82, 2.24) is 10.2 Å². The van der Waals surface area contributed by atoms with Crippen molar-refractivity contribution >= 4 is 17.6 Å². The van der Waals surface area contributed by atoms with Crippen molar-refractivity contribution < 1.29 is 4.79 Å². The number of nitrogens with zero attached hydrogens (tertiary/aromatic N) is 3. The lowest BCUT2D eigenvalue weighted by Crippen LogP contribution is -2.41. The predicted molar refractivity (Wildman–Crippen MR) is 89.3 cm³/mol. The monoisotopic (exact) mass is 300 g/mol. The van der Waals surface area contributed by atoms with E-state index in [1.54, 1.807) is 0 Å². The molecule has 1 N–H and O–H groups in total. The topological polar surface area (TPSA) is 47.9 Å². The fraction of sp³-hybridized carbons (Fsp3) is 0.529. The maximum atomic E-state index is 12.2. The molecule has 2 aliphatic rings. The summed E-state index contributed by atoms with van der Waals surface area (Å²) in [6.07, 6.45) is 3.27. The Labute approximate surface area is 132 Å². The van der Waals surface area contributed by atoms with E-state index in [0.717, 1.165) is 51.4 Å². The summed E-state index contributed by atoms with van der Waals surface area (Å²) in [4.78, 5) is 20.9. The van der Waals surface area contributed by atoms with Crippen molar-refractivity contribution in [3.8, 4) is 0 Å². The molecule has 0 spiro atoms. The van der Waals surface area contributed by atoms with E-state index in [2.05, 4.69) is 46.4 Å². The molecule has 1 saturated heterocycles. The molecule has 1 aromatic carbocycles. The summed E-state index contributed by atoms with van der Waals surface area (Å²) < 4.78 is 0. The summed E-state index contributed by atoms with van der Waals surface area (Å²) in [6, 6.07) is 8.41. The van der Waals surface area contributed by atoms with Crippen molar-refractivity contribution in [2.45, 2.75) is 26.2 Å². The molecule has 0 bridgehead atoms. The molecule has 0 atom stereocenters. The van der Waals surface area contributed by atoms with Crippen LogP contribution in [0.2, 0.25) is 0 Å². The van der Waals surface area contributed by atoms with Gasteiger partial charge in [0.1, 0.15) is 6.54 Å². The zero-order valence-electron chi connectivity index (χ0n) is 13.2. The number of benzene rings is 1. The number of nitrogens with one attached hydrogen (secondary N) is 1. The predicted octanol–water partition coefficient (Wildman–Crippen LogP) is 1.64. The molecule has 2 aliphatic heterocycles. The first-order valence-electron chi connectivity index (χ1n) is 8.21. The van der Waals surface area contributed by atoms with Crippen molar-refractivity contribution in [3.05, 3.63) is 29.8 Å². The van der Waals surface area contributed by atoms with E-state index in [1.165, 1.54) is 11.3 Å². The highest BCUT2D eigenvalue weighted by Gasteiger charge is 2.23. The van der Waals surface area contributed by atoms with Crippen LogP contribution >= 0.6 is 0 Å². The molecule has 0 radical (unpaired) electrons. The summed E-state index contributed by atoms with van der Waals surface area (Å²) in [5.74, 6) is 0.959. The third-order valence-electron chi connectivity index (χ3n) is 4.30. The molecule has 0 aromatic heterocycles. The van der Waals surface area contributed by atoms with Gasteiger partial charge < -0.3 is 15.1 Å². The van der Waals surface area contributed by atoms with Gasteiger partial charge >= 0.3 is 0 Å². The van der Waals surface area contributed by atoms with Crippen molar-refractivity contribution in [2.75, 3.05) is 37.6 Å². The lowest BCUT2D eigenvalue weighted by molar-refractivity contribution is -0.128. The Balaban J connectivity index is 1.72. The maximum Gasteiger partial charge on any atom is 0.244 e. The van der Waals surface area contributed by atoms with E-state index in [9.17, 15) is 4.79 Å². The third-order valence-corrected chi connectivity index (χ3v) is 4.30. The number of anilines is 1. The molecule has 22 heavy (non-hydrogen) atoms. The van der Waals surface area contributed by atoms with E-state index in [0.29, 0.717) is 0 Å². The SMILES string of the molecule is CCNC(=NCC(=O)N1CCCC1)N1CCc2ccccc21. The lowest BCUT2D eigenvalue weighted by atomic mass is 10.2. The van der Waals surface area contributed by atoms with Gasteiger partial charge in [-0.25, -0.2) is 4.99 Å². The first kappa shape index (κ1) is 14.9. The molecule has 1 fully saturated rings. The number of hydrogen-bond donors (Lipinski definition) is 1. The van der Waals surface area contributed by atoms with Gasteiger partial charge in [0.25, 0.3) is 0 Å². The number of fused-ring (bicyclic) bond motifs is 1. The van der Waals surface area contributed by atoms with Gasteiger partial charge in [-0.1, -0.05) is 18.2 Å². The van der Waals surface area contributed by atoms with E-state index in [1.807, 2.05) is 4.90 Å². The van der Waals surface area contributed by atoms with Crippen molar-refractivity contribution in [2.24, 2.45) is 4.99 Å². The number of amides is 1. The Kier molecular flexibility index (Phi) is 4.61. The van der Waals surface area contributed by atoms with Crippen LogP contribution in [0.15, 0.2) is 29.3 Å². The van der Waals surface area contributed by atoms with Crippen LogP contribution < -0.4 is 10.2 Å². The number of guanidine groups is 1. The van der Waals surface area contributed by atoms with Crippen molar-refractivity contribution in [3.63, 3.8) is 0 Å². The first-order chi connectivity index (χ1) is 10.8. The quantitative estimate of drug-likeness (QED) is 0.682. The van der Waals surface area contributed by atoms with Gasteiger partial charge in [-0.2, -0.15) is 0 Å². The van der Waals surface area contributed by atoms with Gasteiger partial charge in [0.05, 0.1) is 0 Å². The molecule has 1 amide bonds. The summed E-state index contributed by atoms with van der Waals surface area (Å²) >= 11 is 0. The Morgan fingerprint density at radius 2 is 2.00 bits per heavy atom. The Morgan fingerprint density at radius 3 is 2.77 bits per heavy atom. The Bertz CT molecular complexity index is 564. The average molecular weight is 300 g/mol. The lowest BCUT2D eigenvalue weighted by Gasteiger charge is -2.22. The molecule has 5 heteroatoms. The Hall–Kier alpha value is -2.04. The van der Waals surface area contributed by atoms with Gasteiger partial charge in [-0.3, -0.25) is 4.79 Å². The van der Waals surface area contributed by atoms with Crippen LogP contribution in [0.3, 0.4) is 0 Å². The van der Waals surface area contributed by atoms with Crippen LogP contribution in [0, 0.1) is 0 Å². The van der Waals surface area contributed by atoms with Crippen molar-refractivity contribution in [1.29, 1.82) is 0 Å². The number of aliphatic imine (C=N–C) groups is 1. The molecule has 1 aromatic rings. The molecular weight excluding hydrogens is 276 g/mol. The van der Waals surface area contributed by atoms with Crippen LogP contribution in [0.5, 0.6) is 0 Å². The second kappa shape index (κ2) is 6.81. The van der Waals surface area contributed by atoms with Gasteiger partial charge in [-0.05, 0) is 37.8 Å². The van der Waals surface area contributed by atoms with Crippen LogP contribution in [0.4, 0.5) is 5.69 Å². The van der Waals surface area contributed by atoms with E-state index in [4.69, 9.17) is 0 Å². The van der Waals surface area contributed by atoms with Gasteiger partial charge in [-0.15, -0.1) is 0 Å².